The van der Waals surface area contributed by atoms with Crippen molar-refractivity contribution in [2.75, 3.05) is 36.8 Å². The number of nitrogens with zero attached hydrogens (tertiary/aromatic N) is 2. The third kappa shape index (κ3) is 6.31. The van der Waals surface area contributed by atoms with Crippen LogP contribution < -0.4 is 15.4 Å². The van der Waals surface area contributed by atoms with Gasteiger partial charge in [-0.1, -0.05) is 43.3 Å². The third-order valence-corrected chi connectivity index (χ3v) is 8.83. The average Bonchev–Trinajstić information content (AvgIpc) is 2.99. The van der Waals surface area contributed by atoms with Crippen LogP contribution in [-0.4, -0.2) is 59.9 Å². The van der Waals surface area contributed by atoms with E-state index in [4.69, 9.17) is 4.74 Å². The molecule has 2 N–H and O–H groups in total. The van der Waals surface area contributed by atoms with Crippen LogP contribution in [0.25, 0.3) is 11.1 Å². The largest absolute Gasteiger partial charge is 0.479 e. The molecule has 0 aliphatic carbocycles. The lowest BCUT2D eigenvalue weighted by atomic mass is 9.94. The van der Waals surface area contributed by atoms with E-state index in [-0.39, 0.29) is 11.8 Å². The molecule has 7 nitrogen and oxygen atoms in total. The van der Waals surface area contributed by atoms with Gasteiger partial charge in [0.2, 0.25) is 0 Å². The molecule has 3 aromatic carbocycles. The van der Waals surface area contributed by atoms with Gasteiger partial charge in [-0.3, -0.25) is 19.4 Å². The number of piperidine rings is 2. The predicted octanol–water partition coefficient (Wildman–Crippen LogP) is 6.02. The van der Waals surface area contributed by atoms with Crippen LogP contribution in [0.5, 0.6) is 5.75 Å². The number of rotatable bonds is 6. The maximum absolute atomic E-state index is 13.4. The van der Waals surface area contributed by atoms with Crippen molar-refractivity contribution < 1.29 is 14.3 Å². The summed E-state index contributed by atoms with van der Waals surface area (Å²) in [5.74, 6) is 1.06. The van der Waals surface area contributed by atoms with E-state index in [1.165, 1.54) is 44.3 Å². The molecule has 6 rings (SSSR count). The van der Waals surface area contributed by atoms with Crippen LogP contribution in [0.2, 0.25) is 0 Å². The summed E-state index contributed by atoms with van der Waals surface area (Å²) in [7, 11) is 0. The summed E-state index contributed by atoms with van der Waals surface area (Å²) in [6.07, 6.45) is 4.53. The normalized spacial score (nSPS) is 22.0. The highest BCUT2D eigenvalue weighted by atomic mass is 16.5. The highest BCUT2D eigenvalue weighted by Gasteiger charge is 2.28. The second kappa shape index (κ2) is 12.0. The lowest BCUT2D eigenvalue weighted by molar-refractivity contribution is -0.122. The third-order valence-electron chi connectivity index (χ3n) is 8.83. The molecule has 41 heavy (non-hydrogen) atoms. The molecule has 0 aromatic heterocycles. The van der Waals surface area contributed by atoms with Crippen LogP contribution in [-0.2, 0) is 11.3 Å². The van der Waals surface area contributed by atoms with Gasteiger partial charge in [0, 0.05) is 30.4 Å². The fraction of sp³-hybridized carbons (Fsp3) is 0.412. The van der Waals surface area contributed by atoms with E-state index >= 15 is 0 Å². The number of carbonyl (C=O) groups excluding carboxylic acids is 2. The van der Waals surface area contributed by atoms with Gasteiger partial charge < -0.3 is 15.4 Å². The Morgan fingerprint density at radius 3 is 2.59 bits per heavy atom. The fourth-order valence-electron chi connectivity index (χ4n) is 6.36. The fourth-order valence-corrected chi connectivity index (χ4v) is 6.36. The molecular formula is C34H40N4O3. The molecule has 2 atom stereocenters. The molecule has 3 aromatic rings. The Kier molecular flexibility index (Phi) is 8.08. The number of nitrogens with one attached hydrogen (secondary N) is 2. The van der Waals surface area contributed by atoms with Gasteiger partial charge in [0.05, 0.1) is 5.69 Å². The van der Waals surface area contributed by atoms with E-state index in [0.29, 0.717) is 28.7 Å². The van der Waals surface area contributed by atoms with Crippen molar-refractivity contribution in [1.82, 2.24) is 9.80 Å². The molecule has 3 heterocycles. The molecular weight excluding hydrogens is 512 g/mol. The van der Waals surface area contributed by atoms with Crippen LogP contribution in [0.3, 0.4) is 0 Å². The topological polar surface area (TPSA) is 73.9 Å². The number of fused-ring (bicyclic) bond motifs is 1. The van der Waals surface area contributed by atoms with Crippen molar-refractivity contribution in [3.63, 3.8) is 0 Å². The van der Waals surface area contributed by atoms with Crippen LogP contribution in [0, 0.1) is 5.92 Å². The molecule has 0 bridgehead atoms. The quantitative estimate of drug-likeness (QED) is 0.391. The van der Waals surface area contributed by atoms with Gasteiger partial charge in [-0.15, -0.1) is 0 Å². The molecule has 0 spiro atoms. The van der Waals surface area contributed by atoms with E-state index in [1.807, 2.05) is 12.1 Å². The Morgan fingerprint density at radius 2 is 1.78 bits per heavy atom. The molecule has 0 saturated carbocycles. The molecule has 3 aliphatic rings. The molecule has 1 unspecified atom stereocenters. The highest BCUT2D eigenvalue weighted by molar-refractivity contribution is 6.05. The summed E-state index contributed by atoms with van der Waals surface area (Å²) in [6, 6.07) is 22.4. The van der Waals surface area contributed by atoms with Gasteiger partial charge >= 0.3 is 0 Å². The number of likely N-dealkylation sites (tertiary alicyclic amines) is 2. The first-order valence-corrected chi connectivity index (χ1v) is 15.0. The van der Waals surface area contributed by atoms with E-state index in [0.717, 1.165) is 36.7 Å². The predicted molar refractivity (Wildman–Crippen MR) is 163 cm³/mol. The van der Waals surface area contributed by atoms with Crippen LogP contribution in [0.1, 0.15) is 55.5 Å². The average molecular weight is 553 g/mol. The Hall–Kier alpha value is -3.68. The zero-order valence-electron chi connectivity index (χ0n) is 24.1. The molecule has 0 radical (unpaired) electrons. The number of anilines is 2. The van der Waals surface area contributed by atoms with E-state index in [2.05, 4.69) is 63.8 Å². The SMILES string of the molecule is CC1CCN(C2CCCN(Cc3cc(C(=O)Nc4ccc5c(c4)NC(=O)[C@@H](C)O5)ccc3-c3ccccc3)C2)CC1. The van der Waals surface area contributed by atoms with Gasteiger partial charge in [-0.05, 0) is 105 Å². The molecule has 3 aliphatic heterocycles. The number of benzene rings is 3. The van der Waals surface area contributed by atoms with Crippen LogP contribution in [0.4, 0.5) is 11.4 Å². The summed E-state index contributed by atoms with van der Waals surface area (Å²) in [4.78, 5) is 30.8. The number of ether oxygens (including phenoxy) is 1. The lowest BCUT2D eigenvalue weighted by Crippen LogP contribution is -2.50. The minimum Gasteiger partial charge on any atom is -0.479 e. The Bertz CT molecular complexity index is 1400. The molecule has 7 heteroatoms. The van der Waals surface area contributed by atoms with Gasteiger partial charge in [-0.25, -0.2) is 0 Å². The standard InChI is InChI=1S/C34H40N4O3/c1-23-14-17-38(18-15-23)29-9-6-16-37(22-29)21-27-19-26(10-12-30(27)25-7-4-3-5-8-25)34(40)35-28-11-13-32-31(20-28)36-33(39)24(2)41-32/h3-5,7-8,10-13,19-20,23-24,29H,6,9,14-18,21-22H2,1-2H3,(H,35,40)(H,36,39)/t24-,29?/m1/s1. The first-order valence-electron chi connectivity index (χ1n) is 15.0. The highest BCUT2D eigenvalue weighted by Crippen LogP contribution is 2.33. The number of carbonyl (C=O) groups is 2. The smallest absolute Gasteiger partial charge is 0.265 e. The Morgan fingerprint density at radius 1 is 0.976 bits per heavy atom. The summed E-state index contributed by atoms with van der Waals surface area (Å²) >= 11 is 0. The van der Waals surface area contributed by atoms with Crippen molar-refractivity contribution in [3.8, 4) is 16.9 Å². The second-order valence-corrected chi connectivity index (χ2v) is 11.9. The molecule has 2 fully saturated rings. The van der Waals surface area contributed by atoms with Crippen LogP contribution >= 0.6 is 0 Å². The van der Waals surface area contributed by atoms with E-state index in [1.54, 1.807) is 25.1 Å². The molecule has 2 saturated heterocycles. The van der Waals surface area contributed by atoms with E-state index in [9.17, 15) is 9.59 Å². The number of hydrogen-bond donors (Lipinski definition) is 2. The number of amides is 2. The molecule has 214 valence electrons. The maximum atomic E-state index is 13.4. The van der Waals surface area contributed by atoms with Crippen molar-refractivity contribution in [1.29, 1.82) is 0 Å². The van der Waals surface area contributed by atoms with Crippen molar-refractivity contribution in [3.05, 3.63) is 77.9 Å². The minimum atomic E-state index is -0.539. The van der Waals surface area contributed by atoms with Gasteiger partial charge in [0.25, 0.3) is 11.8 Å². The number of hydrogen-bond acceptors (Lipinski definition) is 5. The molecule has 2 amide bonds. The zero-order chi connectivity index (χ0) is 28.3. The summed E-state index contributed by atoms with van der Waals surface area (Å²) in [5, 5.41) is 5.86. The summed E-state index contributed by atoms with van der Waals surface area (Å²) < 4.78 is 5.65. The lowest BCUT2D eigenvalue weighted by Gasteiger charge is -2.42. The van der Waals surface area contributed by atoms with Crippen molar-refractivity contribution >= 4 is 23.2 Å². The first kappa shape index (κ1) is 27.5. The monoisotopic (exact) mass is 552 g/mol. The summed E-state index contributed by atoms with van der Waals surface area (Å²) in [6.45, 7) is 9.46. The van der Waals surface area contributed by atoms with Gasteiger partial charge in [0.15, 0.2) is 6.10 Å². The second-order valence-electron chi connectivity index (χ2n) is 11.9. The van der Waals surface area contributed by atoms with Crippen molar-refractivity contribution in [2.24, 2.45) is 5.92 Å². The Labute approximate surface area is 242 Å². The first-order chi connectivity index (χ1) is 19.9. The summed E-state index contributed by atoms with van der Waals surface area (Å²) in [5.41, 5.74) is 5.28. The van der Waals surface area contributed by atoms with Crippen molar-refractivity contribution in [2.45, 2.75) is 58.2 Å². The Balaban J connectivity index is 1.21. The van der Waals surface area contributed by atoms with E-state index < -0.39 is 6.10 Å². The van der Waals surface area contributed by atoms with Gasteiger partial charge in [-0.2, -0.15) is 0 Å². The van der Waals surface area contributed by atoms with Gasteiger partial charge in [0.1, 0.15) is 5.75 Å². The van der Waals surface area contributed by atoms with Crippen LogP contribution in [0.15, 0.2) is 66.7 Å². The maximum Gasteiger partial charge on any atom is 0.265 e. The zero-order valence-corrected chi connectivity index (χ0v) is 24.1. The minimum absolute atomic E-state index is 0.179.